The van der Waals surface area contributed by atoms with Crippen LogP contribution in [0.4, 0.5) is 0 Å². The van der Waals surface area contributed by atoms with E-state index in [1.54, 1.807) is 0 Å². The molecule has 0 saturated heterocycles. The number of aromatic nitrogens is 2. The normalized spacial score (nSPS) is 29.1. The summed E-state index contributed by atoms with van der Waals surface area (Å²) in [5.74, 6) is 2.85. The van der Waals surface area contributed by atoms with Crippen LogP contribution in [-0.4, -0.2) is 22.1 Å². The van der Waals surface area contributed by atoms with Crippen LogP contribution in [0.1, 0.15) is 44.3 Å². The zero-order valence-corrected chi connectivity index (χ0v) is 10.0. The van der Waals surface area contributed by atoms with E-state index in [1.165, 1.54) is 38.1 Å². The van der Waals surface area contributed by atoms with Crippen molar-refractivity contribution in [3.8, 4) is 0 Å². The van der Waals surface area contributed by atoms with E-state index >= 15 is 0 Å². The lowest BCUT2D eigenvalue weighted by atomic mass is 9.73. The Morgan fingerprint density at radius 3 is 2.88 bits per heavy atom. The van der Waals surface area contributed by atoms with Gasteiger partial charge in [-0.1, -0.05) is 0 Å². The topological polar surface area (TPSA) is 29.9 Å². The van der Waals surface area contributed by atoms with E-state index in [0.29, 0.717) is 5.92 Å². The third-order valence-electron chi connectivity index (χ3n) is 4.08. The minimum absolute atomic E-state index is 0.709. The van der Waals surface area contributed by atoms with Gasteiger partial charge in [0.1, 0.15) is 5.82 Å². The number of rotatable bonds is 5. The maximum atomic E-state index is 4.54. The van der Waals surface area contributed by atoms with Crippen LogP contribution < -0.4 is 5.32 Å². The van der Waals surface area contributed by atoms with E-state index < -0.39 is 0 Å². The molecule has 16 heavy (non-hydrogen) atoms. The van der Waals surface area contributed by atoms with Gasteiger partial charge in [0.2, 0.25) is 0 Å². The second kappa shape index (κ2) is 4.21. The summed E-state index contributed by atoms with van der Waals surface area (Å²) < 4.78 is 2.30. The molecule has 1 N–H and O–H groups in total. The first-order chi connectivity index (χ1) is 7.88. The molecule has 1 aromatic heterocycles. The standard InChI is InChI=1S/C13H21N3/c1-2-16-8-7-14-13(16)12-6-3-10(12)9-15-11-4-5-11/h7-8,10-12,15H,2-6,9H2,1H3. The molecule has 3 nitrogen and oxygen atoms in total. The van der Waals surface area contributed by atoms with Crippen molar-refractivity contribution in [1.82, 2.24) is 14.9 Å². The van der Waals surface area contributed by atoms with E-state index in [-0.39, 0.29) is 0 Å². The van der Waals surface area contributed by atoms with Gasteiger partial charge in [-0.25, -0.2) is 4.98 Å². The fraction of sp³-hybridized carbons (Fsp3) is 0.769. The van der Waals surface area contributed by atoms with Crippen LogP contribution >= 0.6 is 0 Å². The van der Waals surface area contributed by atoms with E-state index in [4.69, 9.17) is 0 Å². The summed E-state index contributed by atoms with van der Waals surface area (Å²) in [5, 5.41) is 3.65. The molecule has 0 radical (unpaired) electrons. The predicted molar refractivity (Wildman–Crippen MR) is 64.4 cm³/mol. The number of hydrogen-bond acceptors (Lipinski definition) is 2. The van der Waals surface area contributed by atoms with Crippen molar-refractivity contribution >= 4 is 0 Å². The van der Waals surface area contributed by atoms with Crippen LogP contribution in [0.15, 0.2) is 12.4 Å². The lowest BCUT2D eigenvalue weighted by Crippen LogP contribution is -2.36. The Morgan fingerprint density at radius 1 is 1.38 bits per heavy atom. The lowest BCUT2D eigenvalue weighted by Gasteiger charge is -2.36. The Balaban J connectivity index is 1.61. The van der Waals surface area contributed by atoms with Crippen LogP contribution in [0.25, 0.3) is 0 Å². The SMILES string of the molecule is CCn1ccnc1C1CCC1CNC1CC1. The van der Waals surface area contributed by atoms with E-state index in [0.717, 1.165) is 18.5 Å². The molecule has 0 aromatic carbocycles. The summed E-state index contributed by atoms with van der Waals surface area (Å²) >= 11 is 0. The summed E-state index contributed by atoms with van der Waals surface area (Å²) in [6.07, 6.45) is 9.54. The Hall–Kier alpha value is -0.830. The number of aryl methyl sites for hydroxylation is 1. The highest BCUT2D eigenvalue weighted by molar-refractivity contribution is 5.08. The second-order valence-corrected chi connectivity index (χ2v) is 5.20. The summed E-state index contributed by atoms with van der Waals surface area (Å²) in [4.78, 5) is 4.54. The van der Waals surface area contributed by atoms with Gasteiger partial charge in [0.15, 0.2) is 0 Å². The van der Waals surface area contributed by atoms with Crippen molar-refractivity contribution in [3.63, 3.8) is 0 Å². The van der Waals surface area contributed by atoms with Gasteiger partial charge < -0.3 is 9.88 Å². The second-order valence-electron chi connectivity index (χ2n) is 5.20. The van der Waals surface area contributed by atoms with Gasteiger partial charge in [-0.2, -0.15) is 0 Å². The molecule has 88 valence electrons. The molecule has 2 atom stereocenters. The molecule has 0 spiro atoms. The lowest BCUT2D eigenvalue weighted by molar-refractivity contribution is 0.230. The van der Waals surface area contributed by atoms with Gasteiger partial charge >= 0.3 is 0 Å². The van der Waals surface area contributed by atoms with Gasteiger partial charge in [0, 0.05) is 30.9 Å². The molecule has 1 aromatic rings. The van der Waals surface area contributed by atoms with Crippen LogP contribution in [0.5, 0.6) is 0 Å². The molecule has 2 fully saturated rings. The van der Waals surface area contributed by atoms with Crippen LogP contribution in [-0.2, 0) is 6.54 Å². The monoisotopic (exact) mass is 219 g/mol. The molecular weight excluding hydrogens is 198 g/mol. The molecule has 2 unspecified atom stereocenters. The van der Waals surface area contributed by atoms with Gasteiger partial charge in [0.25, 0.3) is 0 Å². The van der Waals surface area contributed by atoms with E-state index in [2.05, 4.69) is 28.0 Å². The molecule has 0 aliphatic heterocycles. The largest absolute Gasteiger partial charge is 0.335 e. The predicted octanol–water partition coefficient (Wildman–Crippen LogP) is 2.15. The molecule has 0 amide bonds. The van der Waals surface area contributed by atoms with Crippen LogP contribution in [0.2, 0.25) is 0 Å². The number of hydrogen-bond donors (Lipinski definition) is 1. The zero-order chi connectivity index (χ0) is 11.0. The van der Waals surface area contributed by atoms with Crippen molar-refractivity contribution in [2.24, 2.45) is 5.92 Å². The fourth-order valence-corrected chi connectivity index (χ4v) is 2.68. The van der Waals surface area contributed by atoms with Crippen molar-refractivity contribution in [2.75, 3.05) is 6.54 Å². The van der Waals surface area contributed by atoms with Crippen molar-refractivity contribution < 1.29 is 0 Å². The van der Waals surface area contributed by atoms with Gasteiger partial charge in [0.05, 0.1) is 0 Å². The summed E-state index contributed by atoms with van der Waals surface area (Å²) in [6, 6.07) is 0.840. The van der Waals surface area contributed by atoms with E-state index in [1.807, 2.05) is 6.20 Å². The summed E-state index contributed by atoms with van der Waals surface area (Å²) in [5.41, 5.74) is 0. The first kappa shape index (κ1) is 10.3. The van der Waals surface area contributed by atoms with Crippen molar-refractivity contribution in [3.05, 3.63) is 18.2 Å². The minimum Gasteiger partial charge on any atom is -0.335 e. The first-order valence-corrected chi connectivity index (χ1v) is 6.63. The molecular formula is C13H21N3. The molecule has 0 bridgehead atoms. The zero-order valence-electron chi connectivity index (χ0n) is 10.0. The molecule has 2 saturated carbocycles. The quantitative estimate of drug-likeness (QED) is 0.822. The van der Waals surface area contributed by atoms with Crippen molar-refractivity contribution in [1.29, 1.82) is 0 Å². The van der Waals surface area contributed by atoms with Gasteiger partial charge in [-0.15, -0.1) is 0 Å². The Kier molecular flexibility index (Phi) is 2.72. The minimum atomic E-state index is 0.709. The Labute approximate surface area is 97.3 Å². The molecule has 3 heteroatoms. The third-order valence-corrected chi connectivity index (χ3v) is 4.08. The first-order valence-electron chi connectivity index (χ1n) is 6.63. The maximum Gasteiger partial charge on any atom is 0.112 e. The van der Waals surface area contributed by atoms with Crippen LogP contribution in [0.3, 0.4) is 0 Å². The summed E-state index contributed by atoms with van der Waals surface area (Å²) in [6.45, 7) is 4.45. The molecule has 2 aliphatic carbocycles. The maximum absolute atomic E-state index is 4.54. The average Bonchev–Trinajstić information content (AvgIpc) is 2.96. The highest BCUT2D eigenvalue weighted by Gasteiger charge is 2.35. The highest BCUT2D eigenvalue weighted by atomic mass is 15.1. The van der Waals surface area contributed by atoms with Crippen molar-refractivity contribution in [2.45, 2.75) is 51.1 Å². The van der Waals surface area contributed by atoms with Crippen LogP contribution in [0, 0.1) is 5.92 Å². The number of imidazole rings is 1. The smallest absolute Gasteiger partial charge is 0.112 e. The molecule has 2 aliphatic rings. The van der Waals surface area contributed by atoms with Gasteiger partial charge in [-0.3, -0.25) is 0 Å². The fourth-order valence-electron chi connectivity index (χ4n) is 2.68. The van der Waals surface area contributed by atoms with Gasteiger partial charge in [-0.05, 0) is 45.1 Å². The Morgan fingerprint density at radius 2 is 2.25 bits per heavy atom. The van der Waals surface area contributed by atoms with E-state index in [9.17, 15) is 0 Å². The highest BCUT2D eigenvalue weighted by Crippen LogP contribution is 2.41. The Bertz CT molecular complexity index is 354. The number of nitrogens with one attached hydrogen (secondary N) is 1. The number of nitrogens with zero attached hydrogens (tertiary/aromatic N) is 2. The molecule has 3 rings (SSSR count). The summed E-state index contributed by atoms with van der Waals surface area (Å²) in [7, 11) is 0. The third kappa shape index (κ3) is 1.88. The molecule has 1 heterocycles. The average molecular weight is 219 g/mol.